The zero-order chi connectivity index (χ0) is 17.6. The lowest BCUT2D eigenvalue weighted by Gasteiger charge is -2.35. The van der Waals surface area contributed by atoms with Crippen LogP contribution in [0.2, 0.25) is 38.3 Å². The van der Waals surface area contributed by atoms with Gasteiger partial charge in [0, 0.05) is 0 Å². The molecule has 0 aliphatic rings. The summed E-state index contributed by atoms with van der Waals surface area (Å²) in [5, 5.41) is 0. The van der Waals surface area contributed by atoms with E-state index in [1.165, 1.54) is 76.3 Å². The number of hydrogen-bond acceptors (Lipinski definition) is 3. The van der Waals surface area contributed by atoms with Crippen molar-refractivity contribution in [2.75, 3.05) is 13.1 Å². The minimum atomic E-state index is -1.51. The third-order valence-electron chi connectivity index (χ3n) is 4.37. The Morgan fingerprint density at radius 1 is 0.565 bits per heavy atom. The Hall–Kier alpha value is 0.314. The topological polar surface area (TPSA) is 61.3 Å². The summed E-state index contributed by atoms with van der Waals surface area (Å²) in [6, 6.07) is 2.70. The lowest BCUT2D eigenvalue weighted by molar-refractivity contribution is 0.517. The molecule has 0 aromatic rings. The number of unbranched alkanes of at least 4 members (excludes halogenated alkanes) is 8. The fraction of sp³-hybridized carbons (Fsp3) is 1.00. The van der Waals surface area contributed by atoms with Crippen molar-refractivity contribution < 1.29 is 4.12 Å². The van der Waals surface area contributed by atoms with Crippen molar-refractivity contribution in [1.82, 2.24) is 0 Å². The van der Waals surface area contributed by atoms with E-state index in [2.05, 4.69) is 26.2 Å². The van der Waals surface area contributed by atoms with Crippen molar-refractivity contribution in [3.8, 4) is 0 Å². The van der Waals surface area contributed by atoms with Crippen LogP contribution in [0.5, 0.6) is 0 Å². The van der Waals surface area contributed by atoms with Gasteiger partial charge in [-0.1, -0.05) is 51.4 Å². The van der Waals surface area contributed by atoms with Gasteiger partial charge in [0.15, 0.2) is 16.6 Å². The molecule has 0 fully saturated rings. The van der Waals surface area contributed by atoms with Gasteiger partial charge in [0.1, 0.15) is 0 Å². The third kappa shape index (κ3) is 15.6. The molecular weight excluding hydrogens is 316 g/mol. The summed E-state index contributed by atoms with van der Waals surface area (Å²) < 4.78 is 6.72. The Balaban J connectivity index is 4.09. The first kappa shape index (κ1) is 23.3. The van der Waals surface area contributed by atoms with Crippen LogP contribution in [0.4, 0.5) is 0 Å². The molecule has 23 heavy (non-hydrogen) atoms. The zero-order valence-corrected chi connectivity index (χ0v) is 18.5. The minimum absolute atomic E-state index is 0.843. The standard InChI is InChI=1S/C18H44N2OSi2/c1-22(2,3)21-23(4,17-13-9-5-7-11-15-19)18-14-10-6-8-12-16-20/h5-20H2,1-4H3. The Kier molecular flexibility index (Phi) is 13.8. The smallest absolute Gasteiger partial charge is 0.176 e. The maximum Gasteiger partial charge on any atom is 0.176 e. The molecule has 3 nitrogen and oxygen atoms in total. The van der Waals surface area contributed by atoms with Crippen LogP contribution in [-0.2, 0) is 4.12 Å². The highest BCUT2D eigenvalue weighted by molar-refractivity contribution is 6.84. The molecule has 0 aromatic carbocycles. The maximum absolute atomic E-state index is 6.72. The van der Waals surface area contributed by atoms with E-state index < -0.39 is 16.6 Å². The molecule has 0 saturated heterocycles. The van der Waals surface area contributed by atoms with Crippen LogP contribution in [0.15, 0.2) is 0 Å². The first-order valence-corrected chi connectivity index (χ1v) is 16.2. The van der Waals surface area contributed by atoms with Gasteiger partial charge in [-0.05, 0) is 64.2 Å². The summed E-state index contributed by atoms with van der Waals surface area (Å²) in [6.07, 6.45) is 13.1. The Bertz CT molecular complexity index is 254. The summed E-state index contributed by atoms with van der Waals surface area (Å²) >= 11 is 0. The van der Waals surface area contributed by atoms with E-state index >= 15 is 0 Å². The zero-order valence-electron chi connectivity index (χ0n) is 16.5. The predicted molar refractivity (Wildman–Crippen MR) is 110 cm³/mol. The maximum atomic E-state index is 6.72. The van der Waals surface area contributed by atoms with Gasteiger partial charge in [-0.3, -0.25) is 0 Å². The molecule has 0 bridgehead atoms. The van der Waals surface area contributed by atoms with Gasteiger partial charge >= 0.3 is 0 Å². The molecule has 0 heterocycles. The van der Waals surface area contributed by atoms with Crippen LogP contribution >= 0.6 is 0 Å². The van der Waals surface area contributed by atoms with Gasteiger partial charge in [0.05, 0.1) is 0 Å². The molecular formula is C18H44N2OSi2. The molecule has 4 N–H and O–H groups in total. The second-order valence-corrected chi connectivity index (χ2v) is 17.2. The summed E-state index contributed by atoms with van der Waals surface area (Å²) in [5.41, 5.74) is 11.1. The van der Waals surface area contributed by atoms with Crippen molar-refractivity contribution in [2.24, 2.45) is 11.5 Å². The fourth-order valence-corrected chi connectivity index (χ4v) is 12.3. The van der Waals surface area contributed by atoms with E-state index in [0.29, 0.717) is 0 Å². The molecule has 0 rings (SSSR count). The van der Waals surface area contributed by atoms with E-state index in [0.717, 1.165) is 13.1 Å². The average Bonchev–Trinajstić information content (AvgIpc) is 2.44. The third-order valence-corrected chi connectivity index (χ3v) is 11.6. The highest BCUT2D eigenvalue weighted by Gasteiger charge is 2.33. The Morgan fingerprint density at radius 3 is 1.26 bits per heavy atom. The van der Waals surface area contributed by atoms with Crippen LogP contribution in [0.3, 0.4) is 0 Å². The van der Waals surface area contributed by atoms with Crippen LogP contribution in [-0.4, -0.2) is 29.7 Å². The second-order valence-electron chi connectivity index (χ2n) is 8.28. The minimum Gasteiger partial charge on any atom is -0.456 e. The van der Waals surface area contributed by atoms with Gasteiger partial charge in [0.25, 0.3) is 0 Å². The molecule has 0 saturated carbocycles. The molecule has 5 heteroatoms. The lowest BCUT2D eigenvalue weighted by atomic mass is 10.1. The van der Waals surface area contributed by atoms with E-state index in [1.807, 2.05) is 0 Å². The first-order chi connectivity index (χ1) is 10.8. The van der Waals surface area contributed by atoms with Gasteiger partial charge in [-0.25, -0.2) is 0 Å². The molecule has 0 aliphatic carbocycles. The van der Waals surface area contributed by atoms with Crippen molar-refractivity contribution in [1.29, 1.82) is 0 Å². The molecule has 0 aliphatic heterocycles. The molecule has 0 spiro atoms. The van der Waals surface area contributed by atoms with Gasteiger partial charge in [-0.2, -0.15) is 0 Å². The van der Waals surface area contributed by atoms with E-state index in [4.69, 9.17) is 15.6 Å². The van der Waals surface area contributed by atoms with Crippen LogP contribution in [0.1, 0.15) is 64.2 Å². The summed E-state index contributed by atoms with van der Waals surface area (Å²) in [4.78, 5) is 0. The van der Waals surface area contributed by atoms with E-state index in [9.17, 15) is 0 Å². The van der Waals surface area contributed by atoms with Crippen molar-refractivity contribution >= 4 is 16.6 Å². The monoisotopic (exact) mass is 360 g/mol. The molecule has 140 valence electrons. The van der Waals surface area contributed by atoms with Crippen LogP contribution < -0.4 is 11.5 Å². The summed E-state index contributed by atoms with van der Waals surface area (Å²) in [6.45, 7) is 11.2. The normalized spacial score (nSPS) is 12.8. The Labute approximate surface area is 148 Å². The van der Waals surface area contributed by atoms with Crippen molar-refractivity contribution in [3.63, 3.8) is 0 Å². The van der Waals surface area contributed by atoms with Crippen molar-refractivity contribution in [3.05, 3.63) is 0 Å². The van der Waals surface area contributed by atoms with Crippen molar-refractivity contribution in [2.45, 2.75) is 102 Å². The average molecular weight is 361 g/mol. The van der Waals surface area contributed by atoms with Gasteiger partial charge < -0.3 is 15.6 Å². The van der Waals surface area contributed by atoms with Gasteiger partial charge in [0.2, 0.25) is 0 Å². The fourth-order valence-electron chi connectivity index (χ4n) is 3.31. The number of nitrogens with two attached hydrogens (primary N) is 2. The first-order valence-electron chi connectivity index (χ1n) is 9.93. The molecule has 0 aromatic heterocycles. The lowest BCUT2D eigenvalue weighted by Crippen LogP contribution is -2.44. The van der Waals surface area contributed by atoms with E-state index in [1.54, 1.807) is 0 Å². The highest BCUT2D eigenvalue weighted by Crippen LogP contribution is 2.28. The van der Waals surface area contributed by atoms with E-state index in [-0.39, 0.29) is 0 Å². The SMILES string of the molecule is C[Si](C)(C)O[Si](C)(CCCCCCCN)CCCCCCCN. The molecule has 0 unspecified atom stereocenters. The molecule has 0 atom stereocenters. The number of rotatable bonds is 16. The Morgan fingerprint density at radius 2 is 0.913 bits per heavy atom. The van der Waals surface area contributed by atoms with Crippen LogP contribution in [0.25, 0.3) is 0 Å². The largest absolute Gasteiger partial charge is 0.456 e. The number of hydrogen-bond donors (Lipinski definition) is 2. The highest BCUT2D eigenvalue weighted by atomic mass is 28.4. The quantitative estimate of drug-likeness (QED) is 0.292. The van der Waals surface area contributed by atoms with Crippen LogP contribution in [0, 0.1) is 0 Å². The second kappa shape index (κ2) is 13.6. The molecule has 0 amide bonds. The van der Waals surface area contributed by atoms with Gasteiger partial charge in [-0.15, -0.1) is 0 Å². The molecule has 0 radical (unpaired) electrons. The predicted octanol–water partition coefficient (Wildman–Crippen LogP) is 5.23. The summed E-state index contributed by atoms with van der Waals surface area (Å²) in [5.74, 6) is 0. The summed E-state index contributed by atoms with van der Waals surface area (Å²) in [7, 11) is -2.94.